The highest BCUT2D eigenvalue weighted by atomic mass is 16.6. The van der Waals surface area contributed by atoms with E-state index in [2.05, 4.69) is 0 Å². The van der Waals surface area contributed by atoms with Crippen LogP contribution in [0.4, 0.5) is 4.79 Å². The summed E-state index contributed by atoms with van der Waals surface area (Å²) in [5, 5.41) is 9.17. The van der Waals surface area contributed by atoms with Crippen molar-refractivity contribution >= 4 is 12.1 Å². The minimum atomic E-state index is -0.965. The van der Waals surface area contributed by atoms with E-state index in [-0.39, 0.29) is 11.8 Å². The number of carbonyl (C=O) groups is 2. The first kappa shape index (κ1) is 12.0. The van der Waals surface area contributed by atoms with Crippen molar-refractivity contribution in [2.45, 2.75) is 32.4 Å². The molecule has 0 spiro atoms. The smallest absolute Gasteiger partial charge is 0.411 e. The highest BCUT2D eigenvalue weighted by Crippen LogP contribution is 2.39. The van der Waals surface area contributed by atoms with Crippen LogP contribution < -0.4 is 0 Å². The van der Waals surface area contributed by atoms with E-state index in [4.69, 9.17) is 9.84 Å². The molecule has 0 aromatic rings. The Morgan fingerprint density at radius 3 is 2.41 bits per heavy atom. The normalized spacial score (nSPS) is 30.8. The van der Waals surface area contributed by atoms with Crippen LogP contribution in [-0.4, -0.2) is 40.3 Å². The van der Waals surface area contributed by atoms with Crippen molar-refractivity contribution in [2.24, 2.45) is 11.8 Å². The molecular formula is C12H17NO4. The zero-order chi connectivity index (χ0) is 12.8. The van der Waals surface area contributed by atoms with E-state index in [0.717, 1.165) is 0 Å². The van der Waals surface area contributed by atoms with E-state index in [1.807, 2.05) is 12.2 Å². The van der Waals surface area contributed by atoms with Crippen molar-refractivity contribution in [3.8, 4) is 0 Å². The molecule has 1 aliphatic carbocycles. The van der Waals surface area contributed by atoms with Gasteiger partial charge < -0.3 is 9.84 Å². The van der Waals surface area contributed by atoms with Crippen molar-refractivity contribution in [3.63, 3.8) is 0 Å². The molecule has 0 aromatic carbocycles. The third-order valence-corrected chi connectivity index (χ3v) is 3.06. The number of hydrogen-bond donors (Lipinski definition) is 1. The second-order valence-electron chi connectivity index (χ2n) is 5.54. The fraction of sp³-hybridized carbons (Fsp3) is 0.667. The quantitative estimate of drug-likeness (QED) is 0.704. The number of amides is 1. The maximum absolute atomic E-state index is 11.9. The maximum atomic E-state index is 11.9. The predicted octanol–water partition coefficient (Wildman–Crippen LogP) is 1.49. The molecule has 0 radical (unpaired) electrons. The lowest BCUT2D eigenvalue weighted by Crippen LogP contribution is -2.45. The summed E-state index contributed by atoms with van der Waals surface area (Å²) in [5.41, 5.74) is -0.602. The van der Waals surface area contributed by atoms with Crippen LogP contribution in [0.5, 0.6) is 0 Å². The van der Waals surface area contributed by atoms with Crippen LogP contribution in [0.1, 0.15) is 20.8 Å². The van der Waals surface area contributed by atoms with Gasteiger partial charge in [0, 0.05) is 18.4 Å². The van der Waals surface area contributed by atoms with Gasteiger partial charge in [0.1, 0.15) is 11.6 Å². The summed E-state index contributed by atoms with van der Waals surface area (Å²) in [7, 11) is 0. The molecule has 1 heterocycles. The maximum Gasteiger partial charge on any atom is 0.411 e. The molecule has 1 fully saturated rings. The molecule has 3 atom stereocenters. The molecule has 1 N–H and O–H groups in total. The minimum Gasteiger partial charge on any atom is -0.480 e. The molecule has 1 aliphatic heterocycles. The van der Waals surface area contributed by atoms with Crippen molar-refractivity contribution in [2.75, 3.05) is 6.54 Å². The van der Waals surface area contributed by atoms with Crippen LogP contribution in [0.25, 0.3) is 0 Å². The highest BCUT2D eigenvalue weighted by Gasteiger charge is 2.50. The molecule has 2 rings (SSSR count). The number of ether oxygens (including phenoxy) is 1. The van der Waals surface area contributed by atoms with Gasteiger partial charge in [0.2, 0.25) is 0 Å². The van der Waals surface area contributed by atoms with E-state index in [0.29, 0.717) is 6.54 Å². The minimum absolute atomic E-state index is 0.0555. The number of carboxylic acids is 1. The fourth-order valence-electron chi connectivity index (χ4n) is 2.27. The standard InChI is InChI=1S/C12H17NO4/c1-12(2,3)17-11(16)13-6-7-4-5-8(7)9(13)10(14)15/h4-5,7-9H,6H2,1-3H3,(H,14,15)/t7-,8-,9+/m0/s1. The van der Waals surface area contributed by atoms with Crippen LogP contribution in [0, 0.1) is 11.8 Å². The van der Waals surface area contributed by atoms with Crippen molar-refractivity contribution in [1.82, 2.24) is 4.90 Å². The van der Waals surface area contributed by atoms with Crippen molar-refractivity contribution in [1.29, 1.82) is 0 Å². The zero-order valence-corrected chi connectivity index (χ0v) is 10.2. The summed E-state index contributed by atoms with van der Waals surface area (Å²) >= 11 is 0. The fourth-order valence-corrected chi connectivity index (χ4v) is 2.27. The van der Waals surface area contributed by atoms with Crippen LogP contribution in [-0.2, 0) is 9.53 Å². The number of carboxylic acid groups (broad SMARTS) is 1. The first-order chi connectivity index (χ1) is 7.79. The molecule has 1 amide bonds. The van der Waals surface area contributed by atoms with Crippen molar-refractivity contribution < 1.29 is 19.4 Å². The predicted molar refractivity (Wildman–Crippen MR) is 60.5 cm³/mol. The Labute approximate surface area is 100 Å². The van der Waals surface area contributed by atoms with E-state index < -0.39 is 23.7 Å². The number of rotatable bonds is 1. The molecule has 94 valence electrons. The largest absolute Gasteiger partial charge is 0.480 e. The first-order valence-electron chi connectivity index (χ1n) is 5.70. The third-order valence-electron chi connectivity index (χ3n) is 3.06. The Morgan fingerprint density at radius 1 is 1.35 bits per heavy atom. The van der Waals surface area contributed by atoms with Gasteiger partial charge in [-0.25, -0.2) is 9.59 Å². The summed E-state index contributed by atoms with van der Waals surface area (Å²) in [6, 6.07) is -0.778. The molecule has 0 bridgehead atoms. The molecule has 5 heteroatoms. The van der Waals surface area contributed by atoms with Gasteiger partial charge in [0.05, 0.1) is 0 Å². The number of fused-ring (bicyclic) bond motifs is 1. The van der Waals surface area contributed by atoms with Crippen LogP contribution in [0.2, 0.25) is 0 Å². The lowest BCUT2D eigenvalue weighted by Gasteiger charge is -2.28. The molecular weight excluding hydrogens is 222 g/mol. The summed E-state index contributed by atoms with van der Waals surface area (Å²) in [4.78, 5) is 24.4. The lowest BCUT2D eigenvalue weighted by atomic mass is 9.81. The Morgan fingerprint density at radius 2 is 2.00 bits per heavy atom. The van der Waals surface area contributed by atoms with Gasteiger partial charge in [-0.15, -0.1) is 0 Å². The van der Waals surface area contributed by atoms with E-state index >= 15 is 0 Å². The Kier molecular flexibility index (Phi) is 2.64. The molecule has 2 aliphatic rings. The molecule has 5 nitrogen and oxygen atoms in total. The Hall–Kier alpha value is -1.52. The van der Waals surface area contributed by atoms with Gasteiger partial charge in [-0.1, -0.05) is 12.2 Å². The number of likely N-dealkylation sites (tertiary alicyclic amines) is 1. The van der Waals surface area contributed by atoms with Gasteiger partial charge in [-0.05, 0) is 20.8 Å². The second-order valence-corrected chi connectivity index (χ2v) is 5.54. The average molecular weight is 239 g/mol. The summed E-state index contributed by atoms with van der Waals surface area (Å²) < 4.78 is 5.22. The molecule has 0 unspecified atom stereocenters. The van der Waals surface area contributed by atoms with Gasteiger partial charge in [-0.2, -0.15) is 0 Å². The van der Waals surface area contributed by atoms with Crippen LogP contribution in [0.15, 0.2) is 12.2 Å². The third kappa shape index (κ3) is 2.14. The Bertz CT molecular complexity index is 382. The van der Waals surface area contributed by atoms with Crippen molar-refractivity contribution in [3.05, 3.63) is 12.2 Å². The summed E-state index contributed by atoms with van der Waals surface area (Å²) in [6.07, 6.45) is 3.26. The zero-order valence-electron chi connectivity index (χ0n) is 10.2. The monoisotopic (exact) mass is 239 g/mol. The average Bonchev–Trinajstić information content (AvgIpc) is 2.35. The molecule has 1 saturated heterocycles. The van der Waals surface area contributed by atoms with Gasteiger partial charge in [0.25, 0.3) is 0 Å². The van der Waals surface area contributed by atoms with Gasteiger partial charge in [-0.3, -0.25) is 4.90 Å². The number of nitrogens with zero attached hydrogens (tertiary/aromatic N) is 1. The van der Waals surface area contributed by atoms with Crippen LogP contribution in [0.3, 0.4) is 0 Å². The number of carbonyl (C=O) groups excluding carboxylic acids is 1. The molecule has 17 heavy (non-hydrogen) atoms. The summed E-state index contributed by atoms with van der Waals surface area (Å²) in [6.45, 7) is 5.74. The first-order valence-corrected chi connectivity index (χ1v) is 5.70. The Balaban J connectivity index is 2.11. The lowest BCUT2D eigenvalue weighted by molar-refractivity contribution is -0.143. The van der Waals surface area contributed by atoms with Crippen LogP contribution >= 0.6 is 0 Å². The summed E-state index contributed by atoms with van der Waals surface area (Å²) in [5.74, 6) is -0.851. The van der Waals surface area contributed by atoms with E-state index in [1.54, 1.807) is 20.8 Å². The topological polar surface area (TPSA) is 66.8 Å². The molecule has 0 saturated carbocycles. The van der Waals surface area contributed by atoms with Gasteiger partial charge >= 0.3 is 12.1 Å². The highest BCUT2D eigenvalue weighted by molar-refractivity contribution is 5.82. The van der Waals surface area contributed by atoms with E-state index in [9.17, 15) is 9.59 Å². The van der Waals surface area contributed by atoms with Gasteiger partial charge in [0.15, 0.2) is 0 Å². The molecule has 0 aromatic heterocycles. The van der Waals surface area contributed by atoms with E-state index in [1.165, 1.54) is 4.90 Å². The number of aliphatic carboxylic acids is 1. The number of hydrogen-bond acceptors (Lipinski definition) is 3. The SMILES string of the molecule is CC(C)(C)OC(=O)N1C[C@@H]2C=C[C@@H]2[C@@H]1C(=O)O. The second kappa shape index (κ2) is 3.75.